The van der Waals surface area contributed by atoms with Crippen LogP contribution in [0.15, 0.2) is 29.0 Å². The minimum atomic E-state index is -1.49. The zero-order valence-corrected chi connectivity index (χ0v) is 11.5. The number of halogens is 2. The third-order valence-corrected chi connectivity index (χ3v) is 3.55. The van der Waals surface area contributed by atoms with Crippen LogP contribution in [0.25, 0.3) is 0 Å². The van der Waals surface area contributed by atoms with Crippen LogP contribution in [0.1, 0.15) is 26.3 Å². The molecule has 0 atom stereocenters. The Kier molecular flexibility index (Phi) is 4.64. The van der Waals surface area contributed by atoms with Crippen LogP contribution in [0, 0.1) is 11.6 Å². The fourth-order valence-corrected chi connectivity index (χ4v) is 2.47. The molecule has 0 spiro atoms. The summed E-state index contributed by atoms with van der Waals surface area (Å²) in [4.78, 5) is 22.9. The third kappa shape index (κ3) is 3.63. The summed E-state index contributed by atoms with van der Waals surface area (Å²) in [5.74, 6) is -4.80. The van der Waals surface area contributed by atoms with Crippen molar-refractivity contribution in [1.29, 1.82) is 0 Å². The molecule has 110 valence electrons. The van der Waals surface area contributed by atoms with Crippen molar-refractivity contribution in [2.45, 2.75) is 6.42 Å². The Balaban J connectivity index is 2.11. The number of amides is 1. The van der Waals surface area contributed by atoms with E-state index in [2.05, 4.69) is 5.32 Å². The van der Waals surface area contributed by atoms with Crippen LogP contribution < -0.4 is 5.32 Å². The summed E-state index contributed by atoms with van der Waals surface area (Å²) in [6, 6.07) is 3.00. The molecule has 2 N–H and O–H groups in total. The van der Waals surface area contributed by atoms with Crippen LogP contribution in [0.3, 0.4) is 0 Å². The lowest BCUT2D eigenvalue weighted by Gasteiger charge is -2.08. The first-order valence-electron chi connectivity index (χ1n) is 6.00. The largest absolute Gasteiger partial charge is 0.478 e. The van der Waals surface area contributed by atoms with Gasteiger partial charge in [0.25, 0.3) is 5.91 Å². The van der Waals surface area contributed by atoms with E-state index in [0.29, 0.717) is 18.6 Å². The van der Waals surface area contributed by atoms with Crippen LogP contribution in [0.2, 0.25) is 0 Å². The number of thiophene rings is 1. The van der Waals surface area contributed by atoms with Crippen molar-refractivity contribution in [2.75, 3.05) is 6.54 Å². The molecule has 1 amide bonds. The fraction of sp³-hybridized carbons (Fsp3) is 0.143. The summed E-state index contributed by atoms with van der Waals surface area (Å²) in [5.41, 5.74) is 0.0673. The van der Waals surface area contributed by atoms with E-state index < -0.39 is 34.6 Å². The van der Waals surface area contributed by atoms with Crippen LogP contribution in [-0.4, -0.2) is 23.5 Å². The second-order valence-corrected chi connectivity index (χ2v) is 5.03. The van der Waals surface area contributed by atoms with Gasteiger partial charge in [0.1, 0.15) is 0 Å². The first-order valence-corrected chi connectivity index (χ1v) is 6.95. The summed E-state index contributed by atoms with van der Waals surface area (Å²) in [6.45, 7) is 0.271. The quantitative estimate of drug-likeness (QED) is 0.892. The van der Waals surface area contributed by atoms with Crippen molar-refractivity contribution >= 4 is 23.2 Å². The lowest BCUT2D eigenvalue weighted by Crippen LogP contribution is -2.27. The molecule has 1 aromatic heterocycles. The first-order chi connectivity index (χ1) is 9.99. The van der Waals surface area contributed by atoms with Crippen molar-refractivity contribution in [3.8, 4) is 0 Å². The molecule has 0 radical (unpaired) electrons. The van der Waals surface area contributed by atoms with Crippen molar-refractivity contribution in [2.24, 2.45) is 0 Å². The summed E-state index contributed by atoms with van der Waals surface area (Å²) in [7, 11) is 0. The molecule has 1 aromatic carbocycles. The molecule has 2 rings (SSSR count). The second kappa shape index (κ2) is 6.45. The number of hydrogen-bond donors (Lipinski definition) is 2. The monoisotopic (exact) mass is 311 g/mol. The van der Waals surface area contributed by atoms with Gasteiger partial charge in [-0.05, 0) is 40.9 Å². The van der Waals surface area contributed by atoms with E-state index in [-0.39, 0.29) is 6.54 Å². The molecular weight excluding hydrogens is 300 g/mol. The lowest BCUT2D eigenvalue weighted by atomic mass is 10.1. The van der Waals surface area contributed by atoms with Gasteiger partial charge >= 0.3 is 5.97 Å². The number of benzene rings is 1. The zero-order valence-electron chi connectivity index (χ0n) is 10.7. The SMILES string of the molecule is O=C(O)c1cc(F)c(F)cc1C(=O)NCCc1ccsc1. The molecular formula is C14H11F2NO3S. The molecule has 0 aliphatic carbocycles. The average Bonchev–Trinajstić information content (AvgIpc) is 2.94. The topological polar surface area (TPSA) is 66.4 Å². The maximum absolute atomic E-state index is 13.2. The van der Waals surface area contributed by atoms with Gasteiger partial charge in [0.2, 0.25) is 0 Å². The number of hydrogen-bond acceptors (Lipinski definition) is 3. The molecule has 4 nitrogen and oxygen atoms in total. The number of carbonyl (C=O) groups excluding carboxylic acids is 1. The normalized spacial score (nSPS) is 10.4. The van der Waals surface area contributed by atoms with Gasteiger partial charge in [-0.3, -0.25) is 4.79 Å². The number of carbonyl (C=O) groups is 2. The summed E-state index contributed by atoms with van der Waals surface area (Å²) in [6.07, 6.45) is 0.571. The Morgan fingerprint density at radius 2 is 1.86 bits per heavy atom. The zero-order chi connectivity index (χ0) is 15.4. The van der Waals surface area contributed by atoms with Crippen molar-refractivity contribution in [3.63, 3.8) is 0 Å². The third-order valence-electron chi connectivity index (χ3n) is 2.81. The number of aromatic carboxylic acids is 1. The summed E-state index contributed by atoms with van der Waals surface area (Å²) >= 11 is 1.52. The molecule has 0 aliphatic rings. The van der Waals surface area contributed by atoms with E-state index >= 15 is 0 Å². The van der Waals surface area contributed by atoms with Crippen molar-refractivity contribution < 1.29 is 23.5 Å². The molecule has 7 heteroatoms. The highest BCUT2D eigenvalue weighted by molar-refractivity contribution is 7.07. The molecule has 0 saturated heterocycles. The predicted molar refractivity (Wildman–Crippen MR) is 73.7 cm³/mol. The number of carboxylic acid groups (broad SMARTS) is 1. The molecule has 21 heavy (non-hydrogen) atoms. The Labute approximate surface area is 123 Å². The summed E-state index contributed by atoms with van der Waals surface area (Å²) in [5, 5.41) is 15.3. The molecule has 0 saturated carbocycles. The average molecular weight is 311 g/mol. The molecule has 2 aromatic rings. The van der Waals surface area contributed by atoms with E-state index in [1.165, 1.54) is 11.3 Å². The second-order valence-electron chi connectivity index (χ2n) is 4.25. The number of rotatable bonds is 5. The Hall–Kier alpha value is -2.28. The van der Waals surface area contributed by atoms with Gasteiger partial charge in [-0.25, -0.2) is 13.6 Å². The van der Waals surface area contributed by atoms with E-state index in [1.54, 1.807) is 0 Å². The number of carboxylic acids is 1. The predicted octanol–water partition coefficient (Wildman–Crippen LogP) is 2.70. The van der Waals surface area contributed by atoms with E-state index in [1.807, 2.05) is 16.8 Å². The van der Waals surface area contributed by atoms with Gasteiger partial charge in [0.05, 0.1) is 11.1 Å². The maximum atomic E-state index is 13.2. The molecule has 0 aliphatic heterocycles. The molecule has 0 fully saturated rings. The Morgan fingerprint density at radius 1 is 1.19 bits per heavy atom. The van der Waals surface area contributed by atoms with E-state index in [4.69, 9.17) is 5.11 Å². The highest BCUT2D eigenvalue weighted by Crippen LogP contribution is 2.15. The smallest absolute Gasteiger partial charge is 0.336 e. The van der Waals surface area contributed by atoms with Crippen molar-refractivity contribution in [1.82, 2.24) is 5.32 Å². The van der Waals surface area contributed by atoms with Gasteiger partial charge < -0.3 is 10.4 Å². The minimum Gasteiger partial charge on any atom is -0.478 e. The van der Waals surface area contributed by atoms with Crippen LogP contribution in [0.5, 0.6) is 0 Å². The van der Waals surface area contributed by atoms with Gasteiger partial charge in [-0.1, -0.05) is 0 Å². The Morgan fingerprint density at radius 3 is 2.43 bits per heavy atom. The maximum Gasteiger partial charge on any atom is 0.336 e. The van der Waals surface area contributed by atoms with Crippen LogP contribution >= 0.6 is 11.3 Å². The standard InChI is InChI=1S/C14H11F2NO3S/c15-11-5-9(10(14(19)20)6-12(11)16)13(18)17-3-1-8-2-4-21-7-8/h2,4-7H,1,3H2,(H,17,18)(H,19,20). The van der Waals surface area contributed by atoms with Gasteiger partial charge in [0, 0.05) is 6.54 Å². The van der Waals surface area contributed by atoms with Crippen molar-refractivity contribution in [3.05, 3.63) is 57.3 Å². The lowest BCUT2D eigenvalue weighted by molar-refractivity contribution is 0.0690. The fourth-order valence-electron chi connectivity index (χ4n) is 1.76. The van der Waals surface area contributed by atoms with Crippen LogP contribution in [0.4, 0.5) is 8.78 Å². The van der Waals surface area contributed by atoms with E-state index in [0.717, 1.165) is 5.56 Å². The number of nitrogens with one attached hydrogen (secondary N) is 1. The first kappa shape index (κ1) is 15.1. The highest BCUT2D eigenvalue weighted by Gasteiger charge is 2.20. The molecule has 0 bridgehead atoms. The Bertz CT molecular complexity index is 671. The summed E-state index contributed by atoms with van der Waals surface area (Å²) < 4.78 is 26.2. The van der Waals surface area contributed by atoms with Gasteiger partial charge in [-0.2, -0.15) is 11.3 Å². The van der Waals surface area contributed by atoms with Crippen LogP contribution in [-0.2, 0) is 6.42 Å². The molecule has 0 unspecified atom stereocenters. The minimum absolute atomic E-state index is 0.271. The van der Waals surface area contributed by atoms with Gasteiger partial charge in [-0.15, -0.1) is 0 Å². The molecule has 1 heterocycles. The van der Waals surface area contributed by atoms with E-state index in [9.17, 15) is 18.4 Å². The highest BCUT2D eigenvalue weighted by atomic mass is 32.1. The van der Waals surface area contributed by atoms with Gasteiger partial charge in [0.15, 0.2) is 11.6 Å².